The molecule has 0 aromatic carbocycles. The summed E-state index contributed by atoms with van der Waals surface area (Å²) in [4.78, 5) is 23.2. The summed E-state index contributed by atoms with van der Waals surface area (Å²) in [7, 11) is 0. The molecule has 1 amide bonds. The zero-order valence-corrected chi connectivity index (χ0v) is 19.2. The second kappa shape index (κ2) is 8.93. The molecule has 5 rings (SSSR count). The summed E-state index contributed by atoms with van der Waals surface area (Å²) in [6.07, 6.45) is 7.78. The molecule has 1 N–H and O–H groups in total. The van der Waals surface area contributed by atoms with E-state index in [1.165, 1.54) is 11.0 Å². The van der Waals surface area contributed by atoms with Crippen LogP contribution in [0.15, 0.2) is 49.1 Å². The van der Waals surface area contributed by atoms with E-state index in [2.05, 4.69) is 41.3 Å². The Bertz CT molecular complexity index is 1360. The van der Waals surface area contributed by atoms with Gasteiger partial charge in [-0.2, -0.15) is 4.68 Å². The van der Waals surface area contributed by atoms with Crippen LogP contribution in [0.25, 0.3) is 17.0 Å². The fourth-order valence-corrected chi connectivity index (χ4v) is 3.91. The molecular weight excluding hydrogens is 434 g/mol. The standard InChI is InChI=1S/C23H25N9O2/c1-15(2)34-23(33)30-11-8-17(9-12-30)20-13-24-22-19(5-4-10-31(20)22)27-18-6-7-21(26-16(18)3)32-14-25-28-29-32/h4-8,10,13-15,27H,9,11-12H2,1-3H3. The second-order valence-electron chi connectivity index (χ2n) is 8.30. The summed E-state index contributed by atoms with van der Waals surface area (Å²) in [5.41, 5.74) is 5.52. The van der Waals surface area contributed by atoms with Crippen LogP contribution in [0.1, 0.15) is 31.7 Å². The van der Waals surface area contributed by atoms with Gasteiger partial charge in [0.2, 0.25) is 0 Å². The number of aromatic nitrogens is 7. The van der Waals surface area contributed by atoms with Crippen LogP contribution in [0.2, 0.25) is 0 Å². The number of nitrogens with one attached hydrogen (secondary N) is 1. The lowest BCUT2D eigenvalue weighted by atomic mass is 10.1. The van der Waals surface area contributed by atoms with E-state index in [-0.39, 0.29) is 12.2 Å². The average molecular weight is 460 g/mol. The topological polar surface area (TPSA) is 115 Å². The molecule has 1 aliphatic rings. The van der Waals surface area contributed by atoms with Crippen LogP contribution in [0.3, 0.4) is 0 Å². The van der Waals surface area contributed by atoms with Crippen molar-refractivity contribution in [3.63, 3.8) is 0 Å². The van der Waals surface area contributed by atoms with Gasteiger partial charge in [0.1, 0.15) is 6.33 Å². The molecule has 1 aliphatic heterocycles. The van der Waals surface area contributed by atoms with Gasteiger partial charge in [0, 0.05) is 19.3 Å². The predicted octanol–water partition coefficient (Wildman–Crippen LogP) is 3.39. The Morgan fingerprint density at radius 2 is 2.09 bits per heavy atom. The number of aryl methyl sites for hydroxylation is 1. The molecule has 174 valence electrons. The quantitative estimate of drug-likeness (QED) is 0.483. The maximum Gasteiger partial charge on any atom is 0.410 e. The Hall–Kier alpha value is -4.28. The number of carbonyl (C=O) groups excluding carboxylic acids is 1. The van der Waals surface area contributed by atoms with Gasteiger partial charge in [-0.25, -0.2) is 14.8 Å². The van der Waals surface area contributed by atoms with Crippen molar-refractivity contribution < 1.29 is 9.53 Å². The lowest BCUT2D eigenvalue weighted by molar-refractivity contribution is 0.0799. The Balaban J connectivity index is 1.37. The highest BCUT2D eigenvalue weighted by Gasteiger charge is 2.21. The number of pyridine rings is 2. The van der Waals surface area contributed by atoms with Gasteiger partial charge in [0.15, 0.2) is 11.5 Å². The third-order valence-corrected chi connectivity index (χ3v) is 5.59. The minimum atomic E-state index is -0.273. The van der Waals surface area contributed by atoms with Gasteiger partial charge < -0.3 is 15.0 Å². The number of imidazole rings is 1. The lowest BCUT2D eigenvalue weighted by Gasteiger charge is -2.26. The highest BCUT2D eigenvalue weighted by atomic mass is 16.6. The first kappa shape index (κ1) is 21.6. The summed E-state index contributed by atoms with van der Waals surface area (Å²) in [6, 6.07) is 7.76. The maximum atomic E-state index is 12.2. The molecule has 0 fully saturated rings. The van der Waals surface area contributed by atoms with Gasteiger partial charge in [0.25, 0.3) is 0 Å². The van der Waals surface area contributed by atoms with Crippen LogP contribution in [0.5, 0.6) is 0 Å². The van der Waals surface area contributed by atoms with Crippen LogP contribution >= 0.6 is 0 Å². The van der Waals surface area contributed by atoms with E-state index in [0.717, 1.165) is 40.4 Å². The van der Waals surface area contributed by atoms with Crippen LogP contribution in [0.4, 0.5) is 16.2 Å². The molecule has 0 atom stereocenters. The molecule has 0 aliphatic carbocycles. The molecule has 0 unspecified atom stereocenters. The van der Waals surface area contributed by atoms with Crippen molar-refractivity contribution in [1.82, 2.24) is 39.5 Å². The number of tetrazole rings is 1. The number of hydrogen-bond donors (Lipinski definition) is 1. The van der Waals surface area contributed by atoms with Crippen LogP contribution in [-0.2, 0) is 4.74 Å². The van der Waals surface area contributed by atoms with Crippen molar-refractivity contribution in [2.75, 3.05) is 18.4 Å². The van der Waals surface area contributed by atoms with Gasteiger partial charge in [-0.3, -0.25) is 4.40 Å². The van der Waals surface area contributed by atoms with Crippen molar-refractivity contribution in [1.29, 1.82) is 0 Å². The van der Waals surface area contributed by atoms with Crippen LogP contribution in [-0.4, -0.2) is 64.8 Å². The molecule has 0 saturated carbocycles. The number of ether oxygens (including phenoxy) is 1. The lowest BCUT2D eigenvalue weighted by Crippen LogP contribution is -2.36. The number of anilines is 2. The van der Waals surface area contributed by atoms with Gasteiger partial charge in [-0.15, -0.1) is 5.10 Å². The van der Waals surface area contributed by atoms with Crippen molar-refractivity contribution in [2.24, 2.45) is 0 Å². The number of amides is 1. The molecule has 34 heavy (non-hydrogen) atoms. The van der Waals surface area contributed by atoms with Gasteiger partial charge in [-0.05, 0) is 67.5 Å². The number of nitrogens with zero attached hydrogens (tertiary/aromatic N) is 8. The molecule has 0 saturated heterocycles. The number of fused-ring (bicyclic) bond motifs is 1. The molecule has 5 heterocycles. The van der Waals surface area contributed by atoms with E-state index < -0.39 is 0 Å². The summed E-state index contributed by atoms with van der Waals surface area (Å²) >= 11 is 0. The molecule has 4 aromatic heterocycles. The van der Waals surface area contributed by atoms with Gasteiger partial charge >= 0.3 is 6.09 Å². The van der Waals surface area contributed by atoms with E-state index >= 15 is 0 Å². The molecule has 11 nitrogen and oxygen atoms in total. The SMILES string of the molecule is Cc1nc(-n2cnnn2)ccc1Nc1cccn2c(C3=CCN(C(=O)OC(C)C)CC3)cnc12. The van der Waals surface area contributed by atoms with Crippen molar-refractivity contribution in [2.45, 2.75) is 33.3 Å². The molecule has 11 heteroatoms. The summed E-state index contributed by atoms with van der Waals surface area (Å²) in [6.45, 7) is 6.77. The minimum Gasteiger partial charge on any atom is -0.447 e. The third-order valence-electron chi connectivity index (χ3n) is 5.59. The van der Waals surface area contributed by atoms with E-state index in [4.69, 9.17) is 4.74 Å². The summed E-state index contributed by atoms with van der Waals surface area (Å²) < 4.78 is 8.89. The van der Waals surface area contributed by atoms with Crippen molar-refractivity contribution in [3.05, 3.63) is 60.5 Å². The maximum absolute atomic E-state index is 12.2. The zero-order chi connectivity index (χ0) is 23.7. The second-order valence-corrected chi connectivity index (χ2v) is 8.30. The van der Waals surface area contributed by atoms with Gasteiger partial charge in [0.05, 0.1) is 35.1 Å². The summed E-state index contributed by atoms with van der Waals surface area (Å²) in [5, 5.41) is 14.6. The van der Waals surface area contributed by atoms with Gasteiger partial charge in [-0.1, -0.05) is 6.08 Å². The highest BCUT2D eigenvalue weighted by Crippen LogP contribution is 2.28. The van der Waals surface area contributed by atoms with Crippen molar-refractivity contribution >= 4 is 28.7 Å². The van der Waals surface area contributed by atoms with Crippen molar-refractivity contribution in [3.8, 4) is 5.82 Å². The normalized spacial score (nSPS) is 13.9. The first-order valence-electron chi connectivity index (χ1n) is 11.1. The fourth-order valence-electron chi connectivity index (χ4n) is 3.91. The smallest absolute Gasteiger partial charge is 0.410 e. The molecule has 0 radical (unpaired) electrons. The largest absolute Gasteiger partial charge is 0.447 e. The zero-order valence-electron chi connectivity index (χ0n) is 19.2. The highest BCUT2D eigenvalue weighted by molar-refractivity contribution is 5.78. The first-order chi connectivity index (χ1) is 16.5. The molecule has 4 aromatic rings. The first-order valence-corrected chi connectivity index (χ1v) is 11.1. The van der Waals surface area contributed by atoms with Crippen LogP contribution in [0, 0.1) is 6.92 Å². The monoisotopic (exact) mass is 459 g/mol. The number of carbonyl (C=O) groups is 1. The Kier molecular flexibility index (Phi) is 5.66. The van der Waals surface area contributed by atoms with E-state index in [9.17, 15) is 4.79 Å². The van der Waals surface area contributed by atoms with Crippen LogP contribution < -0.4 is 5.32 Å². The Morgan fingerprint density at radius 3 is 2.79 bits per heavy atom. The molecule has 0 bridgehead atoms. The van der Waals surface area contributed by atoms with E-state index in [0.29, 0.717) is 18.9 Å². The molecule has 0 spiro atoms. The number of hydrogen-bond acceptors (Lipinski definition) is 8. The van der Waals surface area contributed by atoms with E-state index in [1.807, 2.05) is 57.4 Å². The predicted molar refractivity (Wildman–Crippen MR) is 126 cm³/mol. The molecular formula is C23H25N9O2. The number of rotatable bonds is 5. The fraction of sp³-hybridized carbons (Fsp3) is 0.304. The minimum absolute atomic E-state index is 0.128. The Labute approximate surface area is 196 Å². The third kappa shape index (κ3) is 4.19. The Morgan fingerprint density at radius 1 is 1.21 bits per heavy atom. The van der Waals surface area contributed by atoms with E-state index in [1.54, 1.807) is 4.90 Å². The average Bonchev–Trinajstić information content (AvgIpc) is 3.51. The summed E-state index contributed by atoms with van der Waals surface area (Å²) in [5.74, 6) is 0.643.